The number of likely N-dealkylation sites (tertiary alicyclic amines) is 1. The molecule has 0 radical (unpaired) electrons. The van der Waals surface area contributed by atoms with Gasteiger partial charge in [-0.3, -0.25) is 14.5 Å². The van der Waals surface area contributed by atoms with Gasteiger partial charge in [0.15, 0.2) is 0 Å². The number of primary amides is 1. The summed E-state index contributed by atoms with van der Waals surface area (Å²) >= 11 is 0. The van der Waals surface area contributed by atoms with Crippen molar-refractivity contribution < 1.29 is 19.8 Å². The van der Waals surface area contributed by atoms with Crippen molar-refractivity contribution >= 4 is 17.5 Å². The van der Waals surface area contributed by atoms with Crippen LogP contribution in [0.5, 0.6) is 0 Å². The molecule has 1 saturated heterocycles. The Hall–Kier alpha value is -1.96. The third-order valence-corrected chi connectivity index (χ3v) is 3.81. The van der Waals surface area contributed by atoms with Crippen LogP contribution >= 0.6 is 0 Å². The fraction of sp³-hybridized carbons (Fsp3) is 0.467. The summed E-state index contributed by atoms with van der Waals surface area (Å²) in [5, 5.41) is 21.7. The minimum Gasteiger partial charge on any atom is -0.393 e. The monoisotopic (exact) mass is 307 g/mol. The molecule has 1 heterocycles. The van der Waals surface area contributed by atoms with E-state index in [9.17, 15) is 14.7 Å². The molecule has 1 aliphatic heterocycles. The van der Waals surface area contributed by atoms with Crippen molar-refractivity contribution in [3.63, 3.8) is 0 Å². The minimum absolute atomic E-state index is 0.147. The number of amides is 2. The van der Waals surface area contributed by atoms with Gasteiger partial charge in [-0.2, -0.15) is 0 Å². The number of hydrogen-bond acceptors (Lipinski definition) is 5. The Morgan fingerprint density at radius 3 is 2.55 bits per heavy atom. The van der Waals surface area contributed by atoms with E-state index < -0.39 is 11.5 Å². The molecule has 0 unspecified atom stereocenters. The second kappa shape index (κ2) is 6.87. The molecule has 2 rings (SSSR count). The molecule has 1 aromatic rings. The molecular formula is C15H21N3O4. The van der Waals surface area contributed by atoms with Crippen molar-refractivity contribution in [1.29, 1.82) is 0 Å². The van der Waals surface area contributed by atoms with Gasteiger partial charge < -0.3 is 21.3 Å². The van der Waals surface area contributed by atoms with Gasteiger partial charge in [-0.1, -0.05) is 0 Å². The van der Waals surface area contributed by atoms with Gasteiger partial charge in [0.2, 0.25) is 11.8 Å². The number of nitrogens with two attached hydrogens (primary N) is 1. The number of carbonyl (C=O) groups excluding carboxylic acids is 2. The lowest BCUT2D eigenvalue weighted by molar-refractivity contribution is -0.116. The van der Waals surface area contributed by atoms with Crippen LogP contribution < -0.4 is 11.1 Å². The van der Waals surface area contributed by atoms with Crippen LogP contribution in [0.1, 0.15) is 23.2 Å². The molecule has 0 aliphatic carbocycles. The molecule has 120 valence electrons. The number of hydrogen-bond donors (Lipinski definition) is 4. The summed E-state index contributed by atoms with van der Waals surface area (Å²) in [7, 11) is 0. The van der Waals surface area contributed by atoms with E-state index in [1.807, 2.05) is 4.90 Å². The Bertz CT molecular complexity index is 546. The van der Waals surface area contributed by atoms with E-state index in [0.717, 1.165) is 0 Å². The van der Waals surface area contributed by atoms with Crippen molar-refractivity contribution in [2.45, 2.75) is 18.4 Å². The SMILES string of the molecule is NC(=O)c1ccc(NC(=O)CCN2CC[C@@](O)(CO)C2)cc1. The third-order valence-electron chi connectivity index (χ3n) is 3.81. The van der Waals surface area contributed by atoms with E-state index in [2.05, 4.69) is 5.32 Å². The Balaban J connectivity index is 1.77. The van der Waals surface area contributed by atoms with Crippen molar-refractivity contribution in [3.8, 4) is 0 Å². The van der Waals surface area contributed by atoms with E-state index in [0.29, 0.717) is 43.7 Å². The number of aliphatic hydroxyl groups excluding tert-OH is 1. The molecule has 0 aromatic heterocycles. The summed E-state index contributed by atoms with van der Waals surface area (Å²) in [5.41, 5.74) is 5.09. The lowest BCUT2D eigenvalue weighted by Gasteiger charge is -2.20. The molecule has 0 spiro atoms. The predicted octanol–water partition coefficient (Wildman–Crippen LogP) is -0.457. The molecule has 1 fully saturated rings. The lowest BCUT2D eigenvalue weighted by Crippen LogP contribution is -2.37. The molecular weight excluding hydrogens is 286 g/mol. The summed E-state index contributed by atoms with van der Waals surface area (Å²) in [6.07, 6.45) is 0.804. The average molecular weight is 307 g/mol. The number of nitrogens with zero attached hydrogens (tertiary/aromatic N) is 1. The topological polar surface area (TPSA) is 116 Å². The van der Waals surface area contributed by atoms with Gasteiger partial charge >= 0.3 is 0 Å². The van der Waals surface area contributed by atoms with Crippen LogP contribution in [0.15, 0.2) is 24.3 Å². The quantitative estimate of drug-likeness (QED) is 0.568. The number of β-amino-alcohol motifs (C(OH)–C–C–N with tert-alkyl or cyclic N) is 1. The lowest BCUT2D eigenvalue weighted by atomic mass is 10.1. The second-order valence-electron chi connectivity index (χ2n) is 5.65. The van der Waals surface area contributed by atoms with Gasteiger partial charge in [-0.05, 0) is 30.7 Å². The van der Waals surface area contributed by atoms with Crippen molar-refractivity contribution in [2.75, 3.05) is 31.6 Å². The highest BCUT2D eigenvalue weighted by Crippen LogP contribution is 2.20. The molecule has 7 nitrogen and oxygen atoms in total. The maximum Gasteiger partial charge on any atom is 0.248 e. The first-order valence-corrected chi connectivity index (χ1v) is 7.17. The Kier molecular flexibility index (Phi) is 5.12. The number of anilines is 1. The zero-order valence-corrected chi connectivity index (χ0v) is 12.3. The van der Waals surface area contributed by atoms with Crippen LogP contribution in [-0.4, -0.2) is 58.8 Å². The van der Waals surface area contributed by atoms with E-state index in [-0.39, 0.29) is 12.5 Å². The van der Waals surface area contributed by atoms with Gasteiger partial charge in [0, 0.05) is 37.3 Å². The fourth-order valence-corrected chi connectivity index (χ4v) is 2.46. The largest absolute Gasteiger partial charge is 0.393 e. The van der Waals surface area contributed by atoms with Crippen molar-refractivity contribution in [1.82, 2.24) is 4.90 Å². The second-order valence-corrected chi connectivity index (χ2v) is 5.65. The van der Waals surface area contributed by atoms with Gasteiger partial charge in [0.1, 0.15) is 5.60 Å². The van der Waals surface area contributed by atoms with Crippen molar-refractivity contribution in [3.05, 3.63) is 29.8 Å². The molecule has 1 atom stereocenters. The highest BCUT2D eigenvalue weighted by Gasteiger charge is 2.35. The van der Waals surface area contributed by atoms with Gasteiger partial charge in [0.05, 0.1) is 6.61 Å². The van der Waals surface area contributed by atoms with Crippen LogP contribution in [0.2, 0.25) is 0 Å². The molecule has 1 aliphatic rings. The first-order chi connectivity index (χ1) is 10.4. The van der Waals surface area contributed by atoms with E-state index >= 15 is 0 Å². The third kappa shape index (κ3) is 4.27. The normalized spacial score (nSPS) is 21.7. The number of aliphatic hydroxyl groups is 2. The summed E-state index contributed by atoms with van der Waals surface area (Å²) in [6.45, 7) is 1.30. The smallest absolute Gasteiger partial charge is 0.248 e. The van der Waals surface area contributed by atoms with Crippen molar-refractivity contribution in [2.24, 2.45) is 5.73 Å². The van der Waals surface area contributed by atoms with E-state index in [1.54, 1.807) is 24.3 Å². The maximum absolute atomic E-state index is 11.9. The standard InChI is InChI=1S/C15H21N3O4/c16-14(21)11-1-3-12(4-2-11)17-13(20)5-7-18-8-6-15(22,9-18)10-19/h1-4,19,22H,5-10H2,(H2,16,21)(H,17,20)/t15-/m0/s1. The molecule has 5 N–H and O–H groups in total. The number of benzene rings is 1. The highest BCUT2D eigenvalue weighted by molar-refractivity contribution is 5.94. The van der Waals surface area contributed by atoms with Gasteiger partial charge in [0.25, 0.3) is 0 Å². The molecule has 0 saturated carbocycles. The molecule has 7 heteroatoms. The molecule has 1 aromatic carbocycles. The average Bonchev–Trinajstić information content (AvgIpc) is 2.88. The Morgan fingerprint density at radius 1 is 1.32 bits per heavy atom. The van der Waals surface area contributed by atoms with Crippen LogP contribution in [0.25, 0.3) is 0 Å². The zero-order valence-electron chi connectivity index (χ0n) is 12.3. The first kappa shape index (κ1) is 16.4. The van der Waals surface area contributed by atoms with Gasteiger partial charge in [-0.25, -0.2) is 0 Å². The number of rotatable bonds is 6. The van der Waals surface area contributed by atoms with Crippen LogP contribution in [0, 0.1) is 0 Å². The van der Waals surface area contributed by atoms with Gasteiger partial charge in [-0.15, -0.1) is 0 Å². The fourth-order valence-electron chi connectivity index (χ4n) is 2.46. The minimum atomic E-state index is -1.04. The highest BCUT2D eigenvalue weighted by atomic mass is 16.3. The Morgan fingerprint density at radius 2 is 2.00 bits per heavy atom. The van der Waals surface area contributed by atoms with Crippen LogP contribution in [-0.2, 0) is 4.79 Å². The molecule has 22 heavy (non-hydrogen) atoms. The maximum atomic E-state index is 11.9. The summed E-state index contributed by atoms with van der Waals surface area (Å²) < 4.78 is 0. The van der Waals surface area contributed by atoms with Crippen LogP contribution in [0.4, 0.5) is 5.69 Å². The van der Waals surface area contributed by atoms with E-state index in [1.165, 1.54) is 0 Å². The Labute approximate surface area is 128 Å². The van der Waals surface area contributed by atoms with Crippen LogP contribution in [0.3, 0.4) is 0 Å². The number of carbonyl (C=O) groups is 2. The van der Waals surface area contributed by atoms with E-state index in [4.69, 9.17) is 10.8 Å². The first-order valence-electron chi connectivity index (χ1n) is 7.17. The summed E-state index contributed by atoms with van der Waals surface area (Å²) in [4.78, 5) is 24.8. The summed E-state index contributed by atoms with van der Waals surface area (Å²) in [5.74, 6) is -0.658. The molecule has 0 bridgehead atoms. The number of nitrogens with one attached hydrogen (secondary N) is 1. The zero-order chi connectivity index (χ0) is 16.2. The summed E-state index contributed by atoms with van der Waals surface area (Å²) in [6, 6.07) is 6.36. The predicted molar refractivity (Wildman–Crippen MR) is 81.3 cm³/mol. The molecule has 2 amide bonds.